The number of nitrogens with zero attached hydrogens (tertiary/aromatic N) is 4. The van der Waals surface area contributed by atoms with Crippen molar-refractivity contribution >= 4 is 5.91 Å². The number of aryl methyl sites for hydroxylation is 3. The zero-order valence-electron chi connectivity index (χ0n) is 13.8. The van der Waals surface area contributed by atoms with Gasteiger partial charge in [-0.1, -0.05) is 0 Å². The van der Waals surface area contributed by atoms with Gasteiger partial charge in [-0.3, -0.25) is 14.2 Å². The molecule has 2 aromatic rings. The fourth-order valence-corrected chi connectivity index (χ4v) is 2.92. The summed E-state index contributed by atoms with van der Waals surface area (Å²) >= 11 is 0. The van der Waals surface area contributed by atoms with Crippen LogP contribution in [0.25, 0.3) is 0 Å². The van der Waals surface area contributed by atoms with Gasteiger partial charge in [-0.2, -0.15) is 10.2 Å². The largest absolute Gasteiger partial charge is 0.371 e. The highest BCUT2D eigenvalue weighted by Gasteiger charge is 2.32. The van der Waals surface area contributed by atoms with Crippen LogP contribution in [0.5, 0.6) is 0 Å². The van der Waals surface area contributed by atoms with E-state index >= 15 is 0 Å². The number of amides is 1. The second kappa shape index (κ2) is 6.54. The predicted molar refractivity (Wildman–Crippen MR) is 84.8 cm³/mol. The van der Waals surface area contributed by atoms with Gasteiger partial charge in [0.2, 0.25) is 5.91 Å². The van der Waals surface area contributed by atoms with Crippen LogP contribution >= 0.6 is 0 Å². The number of aromatic nitrogens is 4. The molecular formula is C16H23N5O2. The molecule has 7 nitrogen and oxygen atoms in total. The molecule has 2 aromatic heterocycles. The van der Waals surface area contributed by atoms with Crippen LogP contribution in [-0.2, 0) is 23.1 Å². The zero-order valence-corrected chi connectivity index (χ0v) is 13.8. The first-order valence-corrected chi connectivity index (χ1v) is 7.93. The smallest absolute Gasteiger partial charge is 0.222 e. The minimum atomic E-state index is -0.111. The third kappa shape index (κ3) is 3.44. The SMILES string of the molecule is Cc1cnn(CCC(=O)N[C@H]2CCO[C@@H]2c2cnn(C)c2C)c1. The maximum atomic E-state index is 12.2. The molecule has 3 rings (SSSR count). The van der Waals surface area contributed by atoms with E-state index in [1.54, 1.807) is 10.9 Å². The fraction of sp³-hybridized carbons (Fsp3) is 0.562. The molecule has 0 radical (unpaired) electrons. The maximum Gasteiger partial charge on any atom is 0.222 e. The summed E-state index contributed by atoms with van der Waals surface area (Å²) in [5, 5.41) is 11.6. The van der Waals surface area contributed by atoms with Crippen molar-refractivity contribution < 1.29 is 9.53 Å². The molecule has 0 unspecified atom stereocenters. The van der Waals surface area contributed by atoms with Crippen LogP contribution in [0, 0.1) is 13.8 Å². The molecule has 1 aliphatic heterocycles. The lowest BCUT2D eigenvalue weighted by Crippen LogP contribution is -2.37. The lowest BCUT2D eigenvalue weighted by Gasteiger charge is -2.20. The molecule has 0 aliphatic carbocycles. The number of hydrogen-bond donors (Lipinski definition) is 1. The van der Waals surface area contributed by atoms with Crippen molar-refractivity contribution in [1.82, 2.24) is 24.9 Å². The highest BCUT2D eigenvalue weighted by atomic mass is 16.5. The summed E-state index contributed by atoms with van der Waals surface area (Å²) in [7, 11) is 1.91. The molecule has 1 aliphatic rings. The fourth-order valence-electron chi connectivity index (χ4n) is 2.92. The van der Waals surface area contributed by atoms with Crippen LogP contribution in [0.3, 0.4) is 0 Å². The van der Waals surface area contributed by atoms with E-state index in [0.29, 0.717) is 19.6 Å². The summed E-state index contributed by atoms with van der Waals surface area (Å²) in [6, 6.07) is 0.00441. The van der Waals surface area contributed by atoms with E-state index in [1.165, 1.54) is 0 Å². The van der Waals surface area contributed by atoms with E-state index in [4.69, 9.17) is 4.74 Å². The van der Waals surface area contributed by atoms with Crippen molar-refractivity contribution in [3.05, 3.63) is 35.4 Å². The molecule has 124 valence electrons. The van der Waals surface area contributed by atoms with Gasteiger partial charge in [-0.15, -0.1) is 0 Å². The third-order valence-electron chi connectivity index (χ3n) is 4.35. The van der Waals surface area contributed by atoms with Gasteiger partial charge < -0.3 is 10.1 Å². The first-order valence-electron chi connectivity index (χ1n) is 7.93. The van der Waals surface area contributed by atoms with Crippen LogP contribution in [0.2, 0.25) is 0 Å². The van der Waals surface area contributed by atoms with Crippen LogP contribution in [0.1, 0.15) is 35.8 Å². The van der Waals surface area contributed by atoms with Crippen molar-refractivity contribution in [3.8, 4) is 0 Å². The van der Waals surface area contributed by atoms with E-state index in [9.17, 15) is 4.79 Å². The third-order valence-corrected chi connectivity index (χ3v) is 4.35. The van der Waals surface area contributed by atoms with Gasteiger partial charge in [-0.25, -0.2) is 0 Å². The average Bonchev–Trinajstić information content (AvgIpc) is 3.21. The Labute approximate surface area is 135 Å². The van der Waals surface area contributed by atoms with Gasteiger partial charge in [0.25, 0.3) is 0 Å². The van der Waals surface area contributed by atoms with Gasteiger partial charge in [0.15, 0.2) is 0 Å². The molecule has 0 saturated carbocycles. The highest BCUT2D eigenvalue weighted by Crippen LogP contribution is 2.30. The molecule has 3 heterocycles. The van der Waals surface area contributed by atoms with Crippen LogP contribution in [-0.4, -0.2) is 38.1 Å². The van der Waals surface area contributed by atoms with E-state index in [0.717, 1.165) is 23.2 Å². The van der Waals surface area contributed by atoms with Gasteiger partial charge in [-0.05, 0) is 25.8 Å². The van der Waals surface area contributed by atoms with Crippen molar-refractivity contribution in [2.75, 3.05) is 6.61 Å². The average molecular weight is 317 g/mol. The lowest BCUT2D eigenvalue weighted by molar-refractivity contribution is -0.122. The molecule has 0 aromatic carbocycles. The summed E-state index contributed by atoms with van der Waals surface area (Å²) in [6.45, 7) is 5.25. The standard InChI is InChI=1S/C16H23N5O2/c1-11-8-18-21(10-11)6-4-15(22)19-14-5-7-23-16(14)13-9-17-20(3)12(13)2/h8-10,14,16H,4-7H2,1-3H3,(H,19,22)/t14-,16+/m0/s1. The Hall–Kier alpha value is -2.15. The number of rotatable bonds is 5. The van der Waals surface area contributed by atoms with Gasteiger partial charge in [0.1, 0.15) is 6.10 Å². The Kier molecular flexibility index (Phi) is 4.47. The second-order valence-electron chi connectivity index (χ2n) is 6.09. The van der Waals surface area contributed by atoms with E-state index in [1.807, 2.05) is 38.0 Å². The molecule has 1 fully saturated rings. The molecule has 1 saturated heterocycles. The lowest BCUT2D eigenvalue weighted by atomic mass is 10.0. The number of carbonyl (C=O) groups is 1. The Bertz CT molecular complexity index is 690. The normalized spacial score (nSPS) is 20.8. The summed E-state index contributed by atoms with van der Waals surface area (Å²) < 4.78 is 9.45. The first-order chi connectivity index (χ1) is 11.0. The molecule has 23 heavy (non-hydrogen) atoms. The van der Waals surface area contributed by atoms with E-state index in [2.05, 4.69) is 15.5 Å². The summed E-state index contributed by atoms with van der Waals surface area (Å²) in [5.41, 5.74) is 3.22. The second-order valence-corrected chi connectivity index (χ2v) is 6.09. The number of hydrogen-bond acceptors (Lipinski definition) is 4. The predicted octanol–water partition coefficient (Wildman–Crippen LogP) is 1.27. The summed E-state index contributed by atoms with van der Waals surface area (Å²) in [4.78, 5) is 12.2. The molecule has 0 bridgehead atoms. The van der Waals surface area contributed by atoms with Gasteiger partial charge in [0, 0.05) is 44.1 Å². The molecule has 1 amide bonds. The van der Waals surface area contributed by atoms with Crippen molar-refractivity contribution in [2.45, 2.75) is 45.4 Å². The minimum Gasteiger partial charge on any atom is -0.371 e. The quantitative estimate of drug-likeness (QED) is 0.901. The van der Waals surface area contributed by atoms with Crippen molar-refractivity contribution in [2.24, 2.45) is 7.05 Å². The Morgan fingerprint density at radius 2 is 2.22 bits per heavy atom. The molecule has 7 heteroatoms. The van der Waals surface area contributed by atoms with Crippen molar-refractivity contribution in [1.29, 1.82) is 0 Å². The molecule has 0 spiro atoms. The minimum absolute atomic E-state index is 0.00441. The Balaban J connectivity index is 1.58. The Morgan fingerprint density at radius 1 is 1.39 bits per heavy atom. The van der Waals surface area contributed by atoms with Crippen LogP contribution in [0.15, 0.2) is 18.6 Å². The first kappa shape index (κ1) is 15.7. The highest BCUT2D eigenvalue weighted by molar-refractivity contribution is 5.76. The monoisotopic (exact) mass is 317 g/mol. The van der Waals surface area contributed by atoms with E-state index < -0.39 is 0 Å². The molecule has 2 atom stereocenters. The maximum absolute atomic E-state index is 12.2. The van der Waals surface area contributed by atoms with Gasteiger partial charge >= 0.3 is 0 Å². The number of nitrogens with one attached hydrogen (secondary N) is 1. The zero-order chi connectivity index (χ0) is 16.4. The van der Waals surface area contributed by atoms with Gasteiger partial charge in [0.05, 0.1) is 18.4 Å². The van der Waals surface area contributed by atoms with Crippen LogP contribution in [0.4, 0.5) is 0 Å². The van der Waals surface area contributed by atoms with Crippen LogP contribution < -0.4 is 5.32 Å². The Morgan fingerprint density at radius 3 is 2.87 bits per heavy atom. The topological polar surface area (TPSA) is 74.0 Å². The summed E-state index contributed by atoms with van der Waals surface area (Å²) in [5.74, 6) is 0.0280. The number of ether oxygens (including phenoxy) is 1. The van der Waals surface area contributed by atoms with Crippen molar-refractivity contribution in [3.63, 3.8) is 0 Å². The molecular weight excluding hydrogens is 294 g/mol. The summed E-state index contributed by atoms with van der Waals surface area (Å²) in [6.07, 6.45) is 6.69. The number of carbonyl (C=O) groups excluding carboxylic acids is 1. The van der Waals surface area contributed by atoms with E-state index in [-0.39, 0.29) is 18.1 Å². The molecule has 1 N–H and O–H groups in total.